The number of hydrogen-bond donors (Lipinski definition) is 0. The molecule has 2 aromatic heterocycles. The summed E-state index contributed by atoms with van der Waals surface area (Å²) in [4.78, 5) is 20.7. The lowest BCUT2D eigenvalue weighted by Gasteiger charge is -2.13. The number of aryl methyl sites for hydroxylation is 2. The van der Waals surface area contributed by atoms with Crippen molar-refractivity contribution in [3.8, 4) is 0 Å². The molecule has 0 saturated heterocycles. The lowest BCUT2D eigenvalue weighted by molar-refractivity contribution is 0.0970. The van der Waals surface area contributed by atoms with Crippen molar-refractivity contribution in [3.63, 3.8) is 0 Å². The molecule has 2 heterocycles. The molecule has 1 aliphatic rings. The molecule has 1 aliphatic carbocycles. The highest BCUT2D eigenvalue weighted by Crippen LogP contribution is 2.24. The topological polar surface area (TPSA) is 60.1 Å². The van der Waals surface area contributed by atoms with Gasteiger partial charge in [-0.25, -0.2) is 4.98 Å². The second-order valence-corrected chi connectivity index (χ2v) is 6.72. The highest BCUT2D eigenvalue weighted by atomic mass is 32.2. The predicted octanol–water partition coefficient (Wildman–Crippen LogP) is 3.24. The number of carbonyl (C=O) groups excluding carboxylic acids is 1. The first-order chi connectivity index (χ1) is 11.2. The lowest BCUT2D eigenvalue weighted by atomic mass is 9.96. The zero-order valence-electron chi connectivity index (χ0n) is 12.8. The number of nitrogens with zero attached hydrogens (tertiary/aromatic N) is 4. The van der Waals surface area contributed by atoms with Crippen LogP contribution >= 0.6 is 11.8 Å². The Bertz CT molecular complexity index is 903. The van der Waals surface area contributed by atoms with Crippen LogP contribution in [0.1, 0.15) is 40.0 Å². The van der Waals surface area contributed by atoms with Gasteiger partial charge in [0, 0.05) is 18.4 Å². The van der Waals surface area contributed by atoms with Gasteiger partial charge in [-0.2, -0.15) is 9.50 Å². The molecule has 5 nitrogen and oxygen atoms in total. The van der Waals surface area contributed by atoms with Gasteiger partial charge in [0.1, 0.15) is 0 Å². The molecule has 23 heavy (non-hydrogen) atoms. The minimum atomic E-state index is 0.158. The third-order valence-corrected chi connectivity index (χ3v) is 4.92. The first kappa shape index (κ1) is 14.4. The maximum absolute atomic E-state index is 12.0. The number of Topliss-reactive ketones (excluding diaryl/α,β-unsaturated/α-hetero) is 1. The Labute approximate surface area is 138 Å². The second kappa shape index (κ2) is 5.77. The standard InChI is InChI=1S/C17H16N4OS/c1-11-4-2-5-12(8-11)10-23-17-19-16-18-9-13-14(21(16)20-17)6-3-7-15(13)22/h2,4-5,8-9H,3,6-7,10H2,1H3. The summed E-state index contributed by atoms with van der Waals surface area (Å²) in [5.74, 6) is 1.55. The Balaban J connectivity index is 1.63. The van der Waals surface area contributed by atoms with Crippen LogP contribution in [0.4, 0.5) is 0 Å². The lowest BCUT2D eigenvalue weighted by Crippen LogP contribution is -2.16. The maximum atomic E-state index is 12.0. The fourth-order valence-corrected chi connectivity index (χ4v) is 3.66. The van der Waals surface area contributed by atoms with E-state index < -0.39 is 0 Å². The average Bonchev–Trinajstić information content (AvgIpc) is 2.97. The number of aromatic nitrogens is 4. The van der Waals surface area contributed by atoms with Crippen molar-refractivity contribution in [2.45, 2.75) is 37.1 Å². The number of benzene rings is 1. The van der Waals surface area contributed by atoms with Gasteiger partial charge in [-0.1, -0.05) is 41.6 Å². The molecular weight excluding hydrogens is 308 g/mol. The summed E-state index contributed by atoms with van der Waals surface area (Å²) in [6.45, 7) is 2.09. The Kier molecular flexibility index (Phi) is 3.61. The Morgan fingerprint density at radius 1 is 1.30 bits per heavy atom. The van der Waals surface area contributed by atoms with Crippen LogP contribution in [0.3, 0.4) is 0 Å². The minimum absolute atomic E-state index is 0.158. The first-order valence-electron chi connectivity index (χ1n) is 7.67. The number of hydrogen-bond acceptors (Lipinski definition) is 5. The quantitative estimate of drug-likeness (QED) is 0.692. The van der Waals surface area contributed by atoms with Crippen LogP contribution in [0.25, 0.3) is 5.78 Å². The van der Waals surface area contributed by atoms with Crippen molar-refractivity contribution in [1.29, 1.82) is 0 Å². The van der Waals surface area contributed by atoms with Crippen LogP contribution in [-0.2, 0) is 12.2 Å². The van der Waals surface area contributed by atoms with E-state index in [0.717, 1.165) is 24.3 Å². The van der Waals surface area contributed by atoms with Gasteiger partial charge in [0.15, 0.2) is 5.78 Å². The molecule has 116 valence electrons. The minimum Gasteiger partial charge on any atom is -0.294 e. The smallest absolute Gasteiger partial charge is 0.253 e. The molecule has 6 heteroatoms. The molecule has 0 N–H and O–H groups in total. The summed E-state index contributed by atoms with van der Waals surface area (Å²) >= 11 is 1.59. The molecule has 0 spiro atoms. The molecule has 0 saturated carbocycles. The Morgan fingerprint density at radius 3 is 3.09 bits per heavy atom. The van der Waals surface area contributed by atoms with Crippen molar-refractivity contribution in [2.75, 3.05) is 0 Å². The summed E-state index contributed by atoms with van der Waals surface area (Å²) in [7, 11) is 0. The average molecular weight is 324 g/mol. The van der Waals surface area contributed by atoms with Crippen molar-refractivity contribution in [1.82, 2.24) is 19.6 Å². The van der Waals surface area contributed by atoms with Crippen LogP contribution in [0.2, 0.25) is 0 Å². The number of thioether (sulfide) groups is 1. The van der Waals surface area contributed by atoms with E-state index in [1.54, 1.807) is 22.5 Å². The van der Waals surface area contributed by atoms with Crippen LogP contribution < -0.4 is 0 Å². The molecule has 0 aliphatic heterocycles. The van der Waals surface area contributed by atoms with Crippen molar-refractivity contribution >= 4 is 23.3 Å². The highest BCUT2D eigenvalue weighted by Gasteiger charge is 2.22. The van der Waals surface area contributed by atoms with E-state index in [2.05, 4.69) is 46.3 Å². The highest BCUT2D eigenvalue weighted by molar-refractivity contribution is 7.98. The summed E-state index contributed by atoms with van der Waals surface area (Å²) in [5, 5.41) is 5.25. The number of carbonyl (C=O) groups is 1. The van der Waals surface area contributed by atoms with Gasteiger partial charge < -0.3 is 0 Å². The molecule has 0 bridgehead atoms. The van der Waals surface area contributed by atoms with Crippen LogP contribution in [-0.4, -0.2) is 25.4 Å². The van der Waals surface area contributed by atoms with E-state index in [0.29, 0.717) is 22.9 Å². The van der Waals surface area contributed by atoms with Gasteiger partial charge in [0.05, 0.1) is 11.3 Å². The summed E-state index contributed by atoms with van der Waals surface area (Å²) in [6.07, 6.45) is 3.97. The number of fused-ring (bicyclic) bond motifs is 3. The molecule has 0 amide bonds. The van der Waals surface area contributed by atoms with Gasteiger partial charge in [-0.3, -0.25) is 4.79 Å². The SMILES string of the molecule is Cc1cccc(CSc2nc3ncc4c(n3n2)CCCC4=O)c1. The van der Waals surface area contributed by atoms with Crippen LogP contribution in [0, 0.1) is 6.92 Å². The molecule has 0 fully saturated rings. The van der Waals surface area contributed by atoms with E-state index in [4.69, 9.17) is 0 Å². The Hall–Kier alpha value is -2.21. The van der Waals surface area contributed by atoms with Gasteiger partial charge >= 0.3 is 0 Å². The monoisotopic (exact) mass is 324 g/mol. The zero-order chi connectivity index (χ0) is 15.8. The molecule has 1 aromatic carbocycles. The zero-order valence-corrected chi connectivity index (χ0v) is 13.6. The van der Waals surface area contributed by atoms with E-state index in [9.17, 15) is 4.79 Å². The molecular formula is C17H16N4OS. The van der Waals surface area contributed by atoms with Gasteiger partial charge in [-0.15, -0.1) is 5.10 Å². The summed E-state index contributed by atoms with van der Waals surface area (Å²) in [5.41, 5.74) is 4.14. The Morgan fingerprint density at radius 2 is 2.22 bits per heavy atom. The maximum Gasteiger partial charge on any atom is 0.253 e. The molecule has 0 atom stereocenters. The second-order valence-electron chi connectivity index (χ2n) is 5.78. The van der Waals surface area contributed by atoms with Gasteiger partial charge in [0.2, 0.25) is 5.16 Å². The molecule has 4 rings (SSSR count). The third kappa shape index (κ3) is 2.74. The van der Waals surface area contributed by atoms with Gasteiger partial charge in [-0.05, 0) is 25.3 Å². The molecule has 0 unspecified atom stereocenters. The fourth-order valence-electron chi connectivity index (χ4n) is 2.90. The van der Waals surface area contributed by atoms with E-state index in [1.165, 1.54) is 11.1 Å². The molecule has 0 radical (unpaired) electrons. The largest absolute Gasteiger partial charge is 0.294 e. The first-order valence-corrected chi connectivity index (χ1v) is 8.65. The van der Waals surface area contributed by atoms with E-state index in [1.807, 2.05) is 0 Å². The number of rotatable bonds is 3. The molecule has 3 aromatic rings. The van der Waals surface area contributed by atoms with Crippen molar-refractivity contribution < 1.29 is 4.79 Å². The normalized spacial score (nSPS) is 14.2. The number of ketones is 1. The van der Waals surface area contributed by atoms with Crippen LogP contribution in [0.5, 0.6) is 0 Å². The summed E-state index contributed by atoms with van der Waals surface area (Å²) < 4.78 is 1.74. The van der Waals surface area contributed by atoms with Gasteiger partial charge in [0.25, 0.3) is 5.78 Å². The van der Waals surface area contributed by atoms with E-state index >= 15 is 0 Å². The van der Waals surface area contributed by atoms with E-state index in [-0.39, 0.29) is 5.78 Å². The summed E-state index contributed by atoms with van der Waals surface area (Å²) in [6, 6.07) is 8.42. The van der Waals surface area contributed by atoms with Crippen molar-refractivity contribution in [3.05, 3.63) is 52.8 Å². The van der Waals surface area contributed by atoms with Crippen molar-refractivity contribution in [2.24, 2.45) is 0 Å². The fraction of sp³-hybridized carbons (Fsp3) is 0.294. The third-order valence-electron chi connectivity index (χ3n) is 4.01. The predicted molar refractivity (Wildman–Crippen MR) is 88.8 cm³/mol. The van der Waals surface area contributed by atoms with Crippen LogP contribution in [0.15, 0.2) is 35.6 Å².